The molecule has 0 aliphatic heterocycles. The van der Waals surface area contributed by atoms with Gasteiger partial charge in [-0.1, -0.05) is 48.5 Å². The van der Waals surface area contributed by atoms with Gasteiger partial charge in [-0.05, 0) is 42.5 Å². The maximum Gasteiger partial charge on any atom is 0.151 e. The van der Waals surface area contributed by atoms with Crippen LogP contribution in [0.3, 0.4) is 0 Å². The van der Waals surface area contributed by atoms with Crippen LogP contribution in [-0.4, -0.2) is 18.0 Å². The molecule has 1 aliphatic rings. The summed E-state index contributed by atoms with van der Waals surface area (Å²) in [7, 11) is 0. The van der Waals surface area contributed by atoms with Crippen molar-refractivity contribution in [1.82, 2.24) is 0 Å². The van der Waals surface area contributed by atoms with Crippen molar-refractivity contribution in [2.45, 2.75) is 26.6 Å². The highest BCUT2D eigenvalue weighted by Gasteiger charge is 2.15. The van der Waals surface area contributed by atoms with Gasteiger partial charge in [0.05, 0.1) is 0 Å². The highest BCUT2D eigenvalue weighted by atomic mass is 16.6. The minimum Gasteiger partial charge on any atom is -0.368 e. The van der Waals surface area contributed by atoms with Crippen molar-refractivity contribution in [3.05, 3.63) is 59.7 Å². The molecule has 0 amide bonds. The van der Waals surface area contributed by atoms with E-state index in [1.165, 1.54) is 22.3 Å². The van der Waals surface area contributed by atoms with Crippen LogP contribution in [0.1, 0.15) is 25.0 Å². The van der Waals surface area contributed by atoms with Crippen LogP contribution < -0.4 is 0 Å². The Hall–Kier alpha value is -1.64. The van der Waals surface area contributed by atoms with Crippen molar-refractivity contribution >= 4 is 0 Å². The van der Waals surface area contributed by atoms with Gasteiger partial charge in [0.15, 0.2) is 6.29 Å². The van der Waals surface area contributed by atoms with Crippen LogP contribution in [0.25, 0.3) is 11.1 Å². The van der Waals surface area contributed by atoms with Gasteiger partial charge in [0, 0.05) is 6.61 Å². The van der Waals surface area contributed by atoms with Gasteiger partial charge in [0.1, 0.15) is 0 Å². The van der Waals surface area contributed by atoms with Gasteiger partial charge >= 0.3 is 0 Å². The molecule has 1 aliphatic carbocycles. The summed E-state index contributed by atoms with van der Waals surface area (Å²) in [4.78, 5) is 0. The first-order valence-corrected chi connectivity index (χ1v) is 6.68. The second-order valence-corrected chi connectivity index (χ2v) is 4.55. The van der Waals surface area contributed by atoms with Crippen LogP contribution >= 0.6 is 0 Å². The Morgan fingerprint density at radius 2 is 1.47 bits per heavy atom. The third kappa shape index (κ3) is 3.43. The molecule has 3 rings (SSSR count). The molecular weight excluding hydrogens is 236 g/mol. The lowest BCUT2D eigenvalue weighted by Crippen LogP contribution is -2.04. The first kappa shape index (κ1) is 13.8. The molecule has 0 saturated carbocycles. The Kier molecular flexibility index (Phi) is 4.72. The molecule has 0 bridgehead atoms. The van der Waals surface area contributed by atoms with Crippen LogP contribution in [0.2, 0.25) is 0 Å². The topological polar surface area (TPSA) is 29.5 Å². The van der Waals surface area contributed by atoms with Gasteiger partial charge in [-0.25, -0.2) is 0 Å². The maximum atomic E-state index is 8.33. The summed E-state index contributed by atoms with van der Waals surface area (Å²) in [5.74, 6) is 0. The zero-order valence-corrected chi connectivity index (χ0v) is 11.5. The standard InChI is InChI=1S/C13H10.C4H10O2/c1-3-7-12-10(5-1)9-11-6-2-4-8-13(11)12;1-3-6-4(2)5/h1-8H,9H2;4-5H,3H2,1-2H3. The minimum atomic E-state index is -0.602. The minimum absolute atomic E-state index is 0.581. The summed E-state index contributed by atoms with van der Waals surface area (Å²) < 4.78 is 4.60. The molecular formula is C17H20O2. The Bertz CT molecular complexity index is 489. The molecule has 100 valence electrons. The van der Waals surface area contributed by atoms with Crippen molar-refractivity contribution in [2.75, 3.05) is 6.61 Å². The Morgan fingerprint density at radius 3 is 1.84 bits per heavy atom. The van der Waals surface area contributed by atoms with Crippen molar-refractivity contribution in [1.29, 1.82) is 0 Å². The fraction of sp³-hybridized carbons (Fsp3) is 0.294. The summed E-state index contributed by atoms with van der Waals surface area (Å²) in [5.41, 5.74) is 5.75. The van der Waals surface area contributed by atoms with Gasteiger partial charge in [-0.2, -0.15) is 0 Å². The van der Waals surface area contributed by atoms with E-state index < -0.39 is 6.29 Å². The van der Waals surface area contributed by atoms with Crippen LogP contribution in [0.4, 0.5) is 0 Å². The first-order chi connectivity index (χ1) is 9.22. The smallest absolute Gasteiger partial charge is 0.151 e. The van der Waals surface area contributed by atoms with Crippen LogP contribution in [0.15, 0.2) is 48.5 Å². The average molecular weight is 256 g/mol. The molecule has 1 N–H and O–H groups in total. The van der Waals surface area contributed by atoms with E-state index in [1.54, 1.807) is 6.92 Å². The Balaban J connectivity index is 0.000000192. The molecule has 1 atom stereocenters. The third-order valence-electron chi connectivity index (χ3n) is 3.11. The number of aliphatic hydroxyl groups excluding tert-OH is 1. The molecule has 2 aromatic carbocycles. The quantitative estimate of drug-likeness (QED) is 0.710. The average Bonchev–Trinajstić information content (AvgIpc) is 2.78. The molecule has 0 heterocycles. The first-order valence-electron chi connectivity index (χ1n) is 6.68. The normalized spacial score (nSPS) is 13.0. The second-order valence-electron chi connectivity index (χ2n) is 4.55. The van der Waals surface area contributed by atoms with Crippen LogP contribution in [0.5, 0.6) is 0 Å². The van der Waals surface area contributed by atoms with Gasteiger partial charge < -0.3 is 9.84 Å². The fourth-order valence-corrected chi connectivity index (χ4v) is 2.32. The van der Waals surface area contributed by atoms with E-state index in [9.17, 15) is 0 Å². The van der Waals surface area contributed by atoms with Crippen LogP contribution in [-0.2, 0) is 11.2 Å². The SMILES string of the molecule is CCOC(C)O.c1ccc2c(c1)Cc1ccccc1-2. The lowest BCUT2D eigenvalue weighted by atomic mass is 10.1. The number of aliphatic hydroxyl groups is 1. The van der Waals surface area contributed by atoms with Gasteiger partial charge in [0.2, 0.25) is 0 Å². The lowest BCUT2D eigenvalue weighted by molar-refractivity contribution is -0.0800. The molecule has 0 fully saturated rings. The molecule has 0 spiro atoms. The fourth-order valence-electron chi connectivity index (χ4n) is 2.32. The Labute approximate surface area is 114 Å². The molecule has 2 aromatic rings. The Morgan fingerprint density at radius 1 is 1.00 bits per heavy atom. The number of hydrogen-bond donors (Lipinski definition) is 1. The van der Waals surface area contributed by atoms with E-state index >= 15 is 0 Å². The van der Waals surface area contributed by atoms with E-state index in [0.29, 0.717) is 6.61 Å². The highest BCUT2D eigenvalue weighted by Crippen LogP contribution is 2.35. The van der Waals surface area contributed by atoms with Gasteiger partial charge in [0.25, 0.3) is 0 Å². The molecule has 0 saturated heterocycles. The van der Waals surface area contributed by atoms with Crippen molar-refractivity contribution < 1.29 is 9.84 Å². The van der Waals surface area contributed by atoms with Crippen LogP contribution in [0, 0.1) is 0 Å². The third-order valence-corrected chi connectivity index (χ3v) is 3.11. The van der Waals surface area contributed by atoms with E-state index in [4.69, 9.17) is 5.11 Å². The van der Waals surface area contributed by atoms with Crippen molar-refractivity contribution in [2.24, 2.45) is 0 Å². The molecule has 2 nitrogen and oxygen atoms in total. The largest absolute Gasteiger partial charge is 0.368 e. The van der Waals surface area contributed by atoms with Gasteiger partial charge in [-0.15, -0.1) is 0 Å². The second kappa shape index (κ2) is 6.50. The molecule has 0 radical (unpaired) electrons. The predicted octanol–water partition coefficient (Wildman–Crippen LogP) is 3.62. The predicted molar refractivity (Wildman–Crippen MR) is 78.0 cm³/mol. The summed E-state index contributed by atoms with van der Waals surface area (Å²) in [5, 5.41) is 8.33. The number of ether oxygens (including phenoxy) is 1. The van der Waals surface area contributed by atoms with Crippen molar-refractivity contribution in [3.63, 3.8) is 0 Å². The molecule has 1 unspecified atom stereocenters. The summed E-state index contributed by atoms with van der Waals surface area (Å²) >= 11 is 0. The maximum absolute atomic E-state index is 8.33. The summed E-state index contributed by atoms with van der Waals surface area (Å²) in [6, 6.07) is 17.3. The van der Waals surface area contributed by atoms with Crippen molar-refractivity contribution in [3.8, 4) is 11.1 Å². The zero-order valence-electron chi connectivity index (χ0n) is 11.5. The summed E-state index contributed by atoms with van der Waals surface area (Å²) in [6.07, 6.45) is 0.502. The lowest BCUT2D eigenvalue weighted by Gasteiger charge is -1.99. The monoisotopic (exact) mass is 256 g/mol. The number of rotatable bonds is 2. The molecule has 2 heteroatoms. The van der Waals surface area contributed by atoms with E-state index in [0.717, 1.165) is 6.42 Å². The highest BCUT2D eigenvalue weighted by molar-refractivity contribution is 5.76. The number of benzene rings is 2. The van der Waals surface area contributed by atoms with E-state index in [1.807, 2.05) is 6.92 Å². The number of hydrogen-bond acceptors (Lipinski definition) is 2. The van der Waals surface area contributed by atoms with E-state index in [-0.39, 0.29) is 0 Å². The molecule has 0 aromatic heterocycles. The summed E-state index contributed by atoms with van der Waals surface area (Å²) in [6.45, 7) is 4.01. The molecule has 19 heavy (non-hydrogen) atoms. The van der Waals surface area contributed by atoms with Gasteiger partial charge in [-0.3, -0.25) is 0 Å². The zero-order chi connectivity index (χ0) is 13.7. The van der Waals surface area contributed by atoms with E-state index in [2.05, 4.69) is 53.3 Å². The number of fused-ring (bicyclic) bond motifs is 3.